The first-order chi connectivity index (χ1) is 7.84. The van der Waals surface area contributed by atoms with Crippen molar-refractivity contribution >= 4 is 11.2 Å². The molecular formula is C12H15N3O. The van der Waals surface area contributed by atoms with Crippen LogP contribution in [-0.2, 0) is 7.05 Å². The van der Waals surface area contributed by atoms with Crippen LogP contribution in [-0.4, -0.2) is 20.6 Å². The van der Waals surface area contributed by atoms with Crippen LogP contribution in [0.5, 0.6) is 6.01 Å². The maximum Gasteiger partial charge on any atom is 0.298 e. The molecule has 0 N–H and O–H groups in total. The van der Waals surface area contributed by atoms with Gasteiger partial charge in [0.25, 0.3) is 6.01 Å². The Balaban J connectivity index is 1.94. The second-order valence-corrected chi connectivity index (χ2v) is 4.32. The maximum absolute atomic E-state index is 5.90. The fourth-order valence-electron chi connectivity index (χ4n) is 2.26. The molecule has 1 aliphatic carbocycles. The van der Waals surface area contributed by atoms with Crippen molar-refractivity contribution in [3.63, 3.8) is 0 Å². The van der Waals surface area contributed by atoms with Crippen molar-refractivity contribution in [2.75, 3.05) is 0 Å². The summed E-state index contributed by atoms with van der Waals surface area (Å²) in [6.07, 6.45) is 6.96. The number of hydrogen-bond acceptors (Lipinski definition) is 3. The molecule has 3 rings (SSSR count). The standard InChI is InChI=1S/C12H15N3O/c1-15-11-10(7-4-8-13-11)14-12(15)16-9-5-2-3-6-9/h4,7-9H,2-3,5-6H2,1H3. The zero-order valence-electron chi connectivity index (χ0n) is 9.39. The molecule has 1 saturated carbocycles. The van der Waals surface area contributed by atoms with Gasteiger partial charge in [0.05, 0.1) is 0 Å². The highest BCUT2D eigenvalue weighted by Crippen LogP contribution is 2.25. The lowest BCUT2D eigenvalue weighted by Crippen LogP contribution is -2.13. The lowest BCUT2D eigenvalue weighted by Gasteiger charge is -2.11. The first-order valence-electron chi connectivity index (χ1n) is 5.79. The first-order valence-corrected chi connectivity index (χ1v) is 5.79. The average Bonchev–Trinajstić information content (AvgIpc) is 2.90. The van der Waals surface area contributed by atoms with E-state index in [0.29, 0.717) is 12.1 Å². The van der Waals surface area contributed by atoms with Crippen LogP contribution in [0, 0.1) is 0 Å². The molecule has 2 heterocycles. The lowest BCUT2D eigenvalue weighted by molar-refractivity contribution is 0.187. The molecule has 0 spiro atoms. The van der Waals surface area contributed by atoms with Gasteiger partial charge in [0.15, 0.2) is 5.65 Å². The number of aromatic nitrogens is 3. The highest BCUT2D eigenvalue weighted by atomic mass is 16.5. The fourth-order valence-corrected chi connectivity index (χ4v) is 2.26. The molecular weight excluding hydrogens is 202 g/mol. The topological polar surface area (TPSA) is 39.9 Å². The minimum atomic E-state index is 0.343. The van der Waals surface area contributed by atoms with Crippen LogP contribution in [0.1, 0.15) is 25.7 Å². The molecule has 1 fully saturated rings. The summed E-state index contributed by atoms with van der Waals surface area (Å²) in [5, 5.41) is 0. The van der Waals surface area contributed by atoms with E-state index in [1.807, 2.05) is 23.7 Å². The fraction of sp³-hybridized carbons (Fsp3) is 0.500. The van der Waals surface area contributed by atoms with Crippen molar-refractivity contribution in [3.05, 3.63) is 18.3 Å². The van der Waals surface area contributed by atoms with E-state index in [1.54, 1.807) is 6.20 Å². The number of rotatable bonds is 2. The number of nitrogens with zero attached hydrogens (tertiary/aromatic N) is 3. The van der Waals surface area contributed by atoms with E-state index in [4.69, 9.17) is 4.74 Å². The van der Waals surface area contributed by atoms with E-state index in [-0.39, 0.29) is 0 Å². The molecule has 0 atom stereocenters. The van der Waals surface area contributed by atoms with Crippen molar-refractivity contribution in [1.29, 1.82) is 0 Å². The van der Waals surface area contributed by atoms with Gasteiger partial charge in [-0.15, -0.1) is 0 Å². The number of aryl methyl sites for hydroxylation is 1. The molecule has 0 amide bonds. The quantitative estimate of drug-likeness (QED) is 0.774. The van der Waals surface area contributed by atoms with Gasteiger partial charge < -0.3 is 4.74 Å². The molecule has 2 aromatic heterocycles. The highest BCUT2D eigenvalue weighted by molar-refractivity contribution is 5.71. The van der Waals surface area contributed by atoms with Gasteiger partial charge in [0.2, 0.25) is 0 Å². The minimum absolute atomic E-state index is 0.343. The molecule has 4 heteroatoms. The van der Waals surface area contributed by atoms with Crippen molar-refractivity contribution in [2.24, 2.45) is 7.05 Å². The van der Waals surface area contributed by atoms with Gasteiger partial charge in [-0.05, 0) is 37.8 Å². The van der Waals surface area contributed by atoms with Crippen molar-refractivity contribution in [3.8, 4) is 6.01 Å². The van der Waals surface area contributed by atoms with Crippen LogP contribution in [0.2, 0.25) is 0 Å². The number of hydrogen-bond donors (Lipinski definition) is 0. The van der Waals surface area contributed by atoms with E-state index in [2.05, 4.69) is 9.97 Å². The van der Waals surface area contributed by atoms with Gasteiger partial charge in [-0.25, -0.2) is 4.98 Å². The second kappa shape index (κ2) is 3.77. The van der Waals surface area contributed by atoms with Gasteiger partial charge in [-0.3, -0.25) is 4.57 Å². The van der Waals surface area contributed by atoms with Gasteiger partial charge in [-0.1, -0.05) is 0 Å². The van der Waals surface area contributed by atoms with Crippen LogP contribution < -0.4 is 4.74 Å². The molecule has 1 aliphatic rings. The summed E-state index contributed by atoms with van der Waals surface area (Å²) in [6.45, 7) is 0. The number of fused-ring (bicyclic) bond motifs is 1. The zero-order chi connectivity index (χ0) is 11.0. The Hall–Kier alpha value is -1.58. The van der Waals surface area contributed by atoms with Gasteiger partial charge in [-0.2, -0.15) is 4.98 Å². The monoisotopic (exact) mass is 217 g/mol. The van der Waals surface area contributed by atoms with Crippen LogP contribution in [0.3, 0.4) is 0 Å². The first kappa shape index (κ1) is 9.63. The Morgan fingerprint density at radius 1 is 1.38 bits per heavy atom. The highest BCUT2D eigenvalue weighted by Gasteiger charge is 2.19. The Bertz CT molecular complexity index is 500. The summed E-state index contributed by atoms with van der Waals surface area (Å²) >= 11 is 0. The molecule has 0 radical (unpaired) electrons. The molecule has 0 aromatic carbocycles. The third-order valence-electron chi connectivity index (χ3n) is 3.16. The Kier molecular flexibility index (Phi) is 2.27. The van der Waals surface area contributed by atoms with Crippen LogP contribution in [0.25, 0.3) is 11.2 Å². The summed E-state index contributed by atoms with van der Waals surface area (Å²) < 4.78 is 7.83. The van der Waals surface area contributed by atoms with Crippen LogP contribution >= 0.6 is 0 Å². The van der Waals surface area contributed by atoms with Gasteiger partial charge in [0, 0.05) is 13.2 Å². The van der Waals surface area contributed by atoms with E-state index in [9.17, 15) is 0 Å². The summed E-state index contributed by atoms with van der Waals surface area (Å²) in [6, 6.07) is 4.55. The molecule has 16 heavy (non-hydrogen) atoms. The summed E-state index contributed by atoms with van der Waals surface area (Å²) in [5.41, 5.74) is 1.79. The molecule has 0 saturated heterocycles. The van der Waals surface area contributed by atoms with Crippen molar-refractivity contribution in [2.45, 2.75) is 31.8 Å². The number of ether oxygens (including phenoxy) is 1. The van der Waals surface area contributed by atoms with Crippen LogP contribution in [0.15, 0.2) is 18.3 Å². The Morgan fingerprint density at radius 3 is 2.94 bits per heavy atom. The normalized spacial score (nSPS) is 17.1. The van der Waals surface area contributed by atoms with E-state index >= 15 is 0 Å². The van der Waals surface area contributed by atoms with E-state index < -0.39 is 0 Å². The second-order valence-electron chi connectivity index (χ2n) is 4.32. The summed E-state index contributed by atoms with van der Waals surface area (Å²) in [7, 11) is 1.95. The average molecular weight is 217 g/mol. The predicted octanol–water partition coefficient (Wildman–Crippen LogP) is 2.29. The largest absolute Gasteiger partial charge is 0.461 e. The van der Waals surface area contributed by atoms with Crippen molar-refractivity contribution < 1.29 is 4.74 Å². The van der Waals surface area contributed by atoms with Gasteiger partial charge in [0.1, 0.15) is 11.6 Å². The summed E-state index contributed by atoms with van der Waals surface area (Å²) in [4.78, 5) is 8.75. The van der Waals surface area contributed by atoms with Crippen LogP contribution in [0.4, 0.5) is 0 Å². The molecule has 0 aliphatic heterocycles. The van der Waals surface area contributed by atoms with Crippen molar-refractivity contribution in [1.82, 2.24) is 14.5 Å². The third-order valence-corrected chi connectivity index (χ3v) is 3.16. The molecule has 4 nitrogen and oxygen atoms in total. The smallest absolute Gasteiger partial charge is 0.298 e. The SMILES string of the molecule is Cn1c(OC2CCCC2)nc2cccnc21. The third kappa shape index (κ3) is 1.54. The number of pyridine rings is 1. The van der Waals surface area contributed by atoms with E-state index in [0.717, 1.165) is 24.0 Å². The Labute approximate surface area is 94.3 Å². The molecule has 84 valence electrons. The lowest BCUT2D eigenvalue weighted by atomic mass is 10.3. The maximum atomic E-state index is 5.90. The summed E-state index contributed by atoms with van der Waals surface area (Å²) in [5.74, 6) is 0. The minimum Gasteiger partial charge on any atom is -0.461 e. The molecule has 0 unspecified atom stereocenters. The number of imidazole rings is 1. The van der Waals surface area contributed by atoms with Gasteiger partial charge >= 0.3 is 0 Å². The predicted molar refractivity (Wildman–Crippen MR) is 61.4 cm³/mol. The Morgan fingerprint density at radius 2 is 2.19 bits per heavy atom. The molecule has 0 bridgehead atoms. The van der Waals surface area contributed by atoms with E-state index in [1.165, 1.54) is 12.8 Å². The zero-order valence-corrected chi connectivity index (χ0v) is 9.39. The molecule has 2 aromatic rings.